The Bertz CT molecular complexity index is 345. The van der Waals surface area contributed by atoms with Crippen LogP contribution in [-0.4, -0.2) is 26.3 Å². The summed E-state index contributed by atoms with van der Waals surface area (Å²) >= 11 is 0. The molecule has 1 atom stereocenters. The van der Waals surface area contributed by atoms with Gasteiger partial charge < -0.3 is 5.11 Å². The summed E-state index contributed by atoms with van der Waals surface area (Å²) in [6.45, 7) is 0.581. The van der Waals surface area contributed by atoms with Gasteiger partial charge in [-0.15, -0.1) is 5.10 Å². The Kier molecular flexibility index (Phi) is 2.41. The van der Waals surface area contributed by atoms with Gasteiger partial charge in [0.2, 0.25) is 0 Å². The monoisotopic (exact) mass is 221 g/mol. The van der Waals surface area contributed by atoms with E-state index in [4.69, 9.17) is 5.11 Å². The van der Waals surface area contributed by atoms with Crippen molar-refractivity contribution in [3.63, 3.8) is 0 Å². The summed E-state index contributed by atoms with van der Waals surface area (Å²) in [6.07, 6.45) is -3.91. The van der Waals surface area contributed by atoms with Gasteiger partial charge in [-0.1, -0.05) is 5.21 Å². The lowest BCUT2D eigenvalue weighted by molar-refractivity contribution is -0.208. The first kappa shape index (κ1) is 10.4. The molecule has 1 aliphatic carbocycles. The Morgan fingerprint density at radius 3 is 2.73 bits per heavy atom. The van der Waals surface area contributed by atoms with Gasteiger partial charge in [0.05, 0.1) is 6.20 Å². The van der Waals surface area contributed by atoms with Crippen molar-refractivity contribution in [3.05, 3.63) is 11.9 Å². The molecular weight excluding hydrogens is 211 g/mol. The largest absolute Gasteiger partial charge is 0.420 e. The van der Waals surface area contributed by atoms with Crippen LogP contribution in [0.25, 0.3) is 0 Å². The fraction of sp³-hybridized carbons (Fsp3) is 0.750. The molecule has 0 aliphatic heterocycles. The summed E-state index contributed by atoms with van der Waals surface area (Å²) in [6, 6.07) is 0. The minimum absolute atomic E-state index is 0.442. The van der Waals surface area contributed by atoms with E-state index >= 15 is 0 Å². The van der Waals surface area contributed by atoms with E-state index in [9.17, 15) is 13.2 Å². The van der Waals surface area contributed by atoms with E-state index in [-0.39, 0.29) is 0 Å². The van der Waals surface area contributed by atoms with Crippen LogP contribution in [-0.2, 0) is 6.54 Å². The molecule has 4 nitrogen and oxygen atoms in total. The molecule has 2 rings (SSSR count). The molecule has 0 amide bonds. The van der Waals surface area contributed by atoms with Crippen LogP contribution in [0, 0.1) is 5.92 Å². The second-order valence-electron chi connectivity index (χ2n) is 3.75. The minimum Gasteiger partial charge on any atom is -0.378 e. The molecule has 1 heterocycles. The van der Waals surface area contributed by atoms with E-state index in [1.54, 1.807) is 0 Å². The van der Waals surface area contributed by atoms with Crippen LogP contribution in [0.5, 0.6) is 0 Å². The fourth-order valence-electron chi connectivity index (χ4n) is 1.26. The summed E-state index contributed by atoms with van der Waals surface area (Å²) in [5, 5.41) is 15.7. The molecule has 0 unspecified atom stereocenters. The maximum atomic E-state index is 12.1. The Hall–Kier alpha value is -1.11. The zero-order valence-electron chi connectivity index (χ0n) is 7.78. The average Bonchev–Trinajstić information content (AvgIpc) is 2.80. The second-order valence-corrected chi connectivity index (χ2v) is 3.75. The quantitative estimate of drug-likeness (QED) is 0.836. The lowest BCUT2D eigenvalue weighted by atomic mass is 10.3. The number of hydrogen-bond donors (Lipinski definition) is 1. The van der Waals surface area contributed by atoms with Gasteiger partial charge in [-0.3, -0.25) is 4.68 Å². The number of aromatic nitrogens is 3. The lowest BCUT2D eigenvalue weighted by Crippen LogP contribution is -2.20. The molecule has 1 aromatic heterocycles. The first-order valence-electron chi connectivity index (χ1n) is 4.61. The number of aliphatic hydroxyl groups is 1. The Morgan fingerprint density at radius 1 is 1.53 bits per heavy atom. The third-order valence-corrected chi connectivity index (χ3v) is 2.29. The zero-order chi connectivity index (χ0) is 11.1. The third-order valence-electron chi connectivity index (χ3n) is 2.29. The van der Waals surface area contributed by atoms with Gasteiger partial charge in [-0.25, -0.2) is 0 Å². The Balaban J connectivity index is 2.05. The van der Waals surface area contributed by atoms with Gasteiger partial charge in [0.15, 0.2) is 6.10 Å². The third kappa shape index (κ3) is 2.47. The van der Waals surface area contributed by atoms with Gasteiger partial charge in [-0.2, -0.15) is 13.2 Å². The van der Waals surface area contributed by atoms with E-state index < -0.39 is 18.0 Å². The van der Waals surface area contributed by atoms with Crippen LogP contribution < -0.4 is 0 Å². The van der Waals surface area contributed by atoms with E-state index in [0.29, 0.717) is 12.5 Å². The molecule has 0 spiro atoms. The maximum Gasteiger partial charge on any atom is 0.420 e. The molecule has 1 aromatic rings. The van der Waals surface area contributed by atoms with Crippen LogP contribution in [0.3, 0.4) is 0 Å². The number of alkyl halides is 3. The summed E-state index contributed by atoms with van der Waals surface area (Å²) in [5.41, 5.74) is -0.442. The highest BCUT2D eigenvalue weighted by Gasteiger charge is 2.41. The average molecular weight is 221 g/mol. The van der Waals surface area contributed by atoms with Gasteiger partial charge >= 0.3 is 6.18 Å². The number of aliphatic hydroxyl groups excluding tert-OH is 1. The normalized spacial score (nSPS) is 19.2. The predicted molar refractivity (Wildman–Crippen MR) is 43.8 cm³/mol. The van der Waals surface area contributed by atoms with Crippen LogP contribution >= 0.6 is 0 Å². The number of rotatable bonds is 3. The maximum absolute atomic E-state index is 12.1. The molecule has 0 aromatic carbocycles. The van der Waals surface area contributed by atoms with Crippen molar-refractivity contribution < 1.29 is 18.3 Å². The highest BCUT2D eigenvalue weighted by molar-refractivity contribution is 5.00. The Morgan fingerprint density at radius 2 is 2.20 bits per heavy atom. The van der Waals surface area contributed by atoms with Gasteiger partial charge in [0.25, 0.3) is 0 Å². The van der Waals surface area contributed by atoms with Crippen LogP contribution in [0.1, 0.15) is 24.6 Å². The van der Waals surface area contributed by atoms with E-state index in [1.807, 2.05) is 0 Å². The summed E-state index contributed by atoms with van der Waals surface area (Å²) in [5.74, 6) is 0.502. The molecule has 7 heteroatoms. The first-order chi connectivity index (χ1) is 6.97. The molecule has 1 saturated carbocycles. The van der Waals surface area contributed by atoms with Gasteiger partial charge in [0.1, 0.15) is 5.69 Å². The van der Waals surface area contributed by atoms with Crippen LogP contribution in [0.4, 0.5) is 13.2 Å². The topological polar surface area (TPSA) is 50.9 Å². The van der Waals surface area contributed by atoms with Crippen molar-refractivity contribution in [2.24, 2.45) is 5.92 Å². The smallest absolute Gasteiger partial charge is 0.378 e. The number of hydrogen-bond acceptors (Lipinski definition) is 3. The molecule has 0 saturated heterocycles. The molecule has 15 heavy (non-hydrogen) atoms. The minimum atomic E-state index is -4.68. The lowest BCUT2D eigenvalue weighted by Gasteiger charge is -2.10. The van der Waals surface area contributed by atoms with Gasteiger partial charge in [-0.05, 0) is 18.8 Å². The van der Waals surface area contributed by atoms with Crippen molar-refractivity contribution in [3.8, 4) is 0 Å². The molecular formula is C8H10F3N3O. The number of nitrogens with zero attached hydrogens (tertiary/aromatic N) is 3. The molecule has 84 valence electrons. The fourth-order valence-corrected chi connectivity index (χ4v) is 1.26. The van der Waals surface area contributed by atoms with E-state index in [1.165, 1.54) is 4.68 Å². The molecule has 1 N–H and O–H groups in total. The van der Waals surface area contributed by atoms with Crippen molar-refractivity contribution in [1.82, 2.24) is 15.0 Å². The van der Waals surface area contributed by atoms with Crippen LogP contribution in [0.15, 0.2) is 6.20 Å². The highest BCUT2D eigenvalue weighted by Crippen LogP contribution is 2.32. The van der Waals surface area contributed by atoms with E-state index in [2.05, 4.69) is 10.3 Å². The van der Waals surface area contributed by atoms with Crippen molar-refractivity contribution in [2.75, 3.05) is 0 Å². The second kappa shape index (κ2) is 3.48. The highest BCUT2D eigenvalue weighted by atomic mass is 19.4. The van der Waals surface area contributed by atoms with Crippen molar-refractivity contribution in [2.45, 2.75) is 31.7 Å². The van der Waals surface area contributed by atoms with E-state index in [0.717, 1.165) is 19.0 Å². The molecule has 0 bridgehead atoms. The summed E-state index contributed by atoms with van der Waals surface area (Å²) in [7, 11) is 0. The zero-order valence-corrected chi connectivity index (χ0v) is 7.78. The standard InChI is InChI=1S/C8H10F3N3O/c9-8(10,11)7(15)6-4-14(13-12-6)3-5-1-2-5/h4-5,7,15H,1-3H2/t7-/m0/s1. The molecule has 0 radical (unpaired) electrons. The van der Waals surface area contributed by atoms with Crippen molar-refractivity contribution >= 4 is 0 Å². The van der Waals surface area contributed by atoms with Gasteiger partial charge in [0, 0.05) is 6.54 Å². The molecule has 1 fully saturated rings. The summed E-state index contributed by atoms with van der Waals surface area (Å²) < 4.78 is 37.6. The Labute approximate surface area is 83.7 Å². The number of halogens is 3. The summed E-state index contributed by atoms with van der Waals surface area (Å²) in [4.78, 5) is 0. The predicted octanol–water partition coefficient (Wildman–Crippen LogP) is 1.28. The molecule has 1 aliphatic rings. The first-order valence-corrected chi connectivity index (χ1v) is 4.61. The van der Waals surface area contributed by atoms with Crippen molar-refractivity contribution in [1.29, 1.82) is 0 Å². The SMILES string of the molecule is O[C@@H](c1cn(CC2CC2)nn1)C(F)(F)F. The van der Waals surface area contributed by atoms with Crippen LogP contribution in [0.2, 0.25) is 0 Å².